The second-order valence-corrected chi connectivity index (χ2v) is 5.21. The number of rotatable bonds is 6. The zero-order valence-corrected chi connectivity index (χ0v) is 12.3. The molecular weight excluding hydrogens is 269 g/mol. The van der Waals surface area contributed by atoms with Crippen LogP contribution in [0.15, 0.2) is 0 Å². The number of hydrogen-bond acceptors (Lipinski definition) is 2. The third kappa shape index (κ3) is 3.61. The van der Waals surface area contributed by atoms with Crippen LogP contribution in [0.1, 0.15) is 55.9 Å². The summed E-state index contributed by atoms with van der Waals surface area (Å²) < 4.78 is 39.7. The van der Waals surface area contributed by atoms with E-state index in [1.165, 1.54) is 0 Å². The zero-order chi connectivity index (χ0) is 15.5. The Morgan fingerprint density at radius 1 is 1.25 bits per heavy atom. The number of halogens is 3. The van der Waals surface area contributed by atoms with Crippen molar-refractivity contribution in [1.29, 1.82) is 0 Å². The minimum atomic E-state index is -4.85. The van der Waals surface area contributed by atoms with E-state index in [1.807, 2.05) is 13.8 Å². The molecule has 0 aromatic carbocycles. The van der Waals surface area contributed by atoms with Gasteiger partial charge in [-0.1, -0.05) is 27.7 Å². The van der Waals surface area contributed by atoms with Crippen LogP contribution in [0.25, 0.3) is 0 Å². The summed E-state index contributed by atoms with van der Waals surface area (Å²) in [7, 11) is 0. The number of carbonyl (C=O) groups is 1. The molecule has 0 aliphatic carbocycles. The summed E-state index contributed by atoms with van der Waals surface area (Å²) in [6, 6.07) is 0. The summed E-state index contributed by atoms with van der Waals surface area (Å²) >= 11 is 0. The molecule has 0 radical (unpaired) electrons. The summed E-state index contributed by atoms with van der Waals surface area (Å²) in [4.78, 5) is 11.6. The third-order valence-electron chi connectivity index (χ3n) is 3.20. The second-order valence-electron chi connectivity index (χ2n) is 5.21. The van der Waals surface area contributed by atoms with Gasteiger partial charge in [0.1, 0.15) is 0 Å². The van der Waals surface area contributed by atoms with Gasteiger partial charge < -0.3 is 0 Å². The lowest BCUT2D eigenvalue weighted by molar-refractivity contribution is -0.0886. The van der Waals surface area contributed by atoms with Crippen LogP contribution in [0, 0.1) is 5.92 Å². The first-order chi connectivity index (χ1) is 9.22. The largest absolute Gasteiger partial charge is 0.455 e. The standard InChI is InChI=1S/C14H21F3N2O/c1-5-10-12(13(20)14(15,16)17)11(6-2)19(18-10)8-7-9(3)4/h9H,5-8H2,1-4H3. The molecule has 0 atom stereocenters. The fourth-order valence-corrected chi connectivity index (χ4v) is 2.13. The van der Waals surface area contributed by atoms with Crippen LogP contribution in [0.5, 0.6) is 0 Å². The van der Waals surface area contributed by atoms with E-state index in [-0.39, 0.29) is 11.3 Å². The van der Waals surface area contributed by atoms with Gasteiger partial charge in [-0.05, 0) is 25.2 Å². The van der Waals surface area contributed by atoms with E-state index in [2.05, 4.69) is 5.10 Å². The lowest BCUT2D eigenvalue weighted by Gasteiger charge is -2.10. The summed E-state index contributed by atoms with van der Waals surface area (Å²) in [6.45, 7) is 8.07. The van der Waals surface area contributed by atoms with Crippen molar-refractivity contribution in [2.45, 2.75) is 59.7 Å². The molecule has 1 aromatic rings. The highest BCUT2D eigenvalue weighted by molar-refractivity contribution is 6.02. The summed E-state index contributed by atoms with van der Waals surface area (Å²) in [5, 5.41) is 4.20. The molecule has 0 spiro atoms. The van der Waals surface area contributed by atoms with Crippen molar-refractivity contribution in [3.8, 4) is 0 Å². The van der Waals surface area contributed by atoms with Gasteiger partial charge in [-0.3, -0.25) is 9.48 Å². The highest BCUT2D eigenvalue weighted by Crippen LogP contribution is 2.27. The normalized spacial score (nSPS) is 12.2. The van der Waals surface area contributed by atoms with E-state index in [0.29, 0.717) is 31.0 Å². The van der Waals surface area contributed by atoms with Crippen LogP contribution in [0.3, 0.4) is 0 Å². The molecule has 3 nitrogen and oxygen atoms in total. The number of Topliss-reactive ketones (excluding diaryl/α,β-unsaturated/α-hetero) is 1. The van der Waals surface area contributed by atoms with Crippen molar-refractivity contribution in [2.75, 3.05) is 0 Å². The van der Waals surface area contributed by atoms with Crippen LogP contribution >= 0.6 is 0 Å². The Morgan fingerprint density at radius 3 is 2.25 bits per heavy atom. The van der Waals surface area contributed by atoms with Gasteiger partial charge in [0.15, 0.2) is 0 Å². The molecule has 0 saturated heterocycles. The molecule has 0 amide bonds. The molecule has 6 heteroatoms. The van der Waals surface area contributed by atoms with Crippen LogP contribution in [0.4, 0.5) is 13.2 Å². The first-order valence-electron chi connectivity index (χ1n) is 6.92. The van der Waals surface area contributed by atoms with Crippen molar-refractivity contribution in [2.24, 2.45) is 5.92 Å². The number of ketones is 1. The Bertz CT molecular complexity index is 475. The van der Waals surface area contributed by atoms with E-state index >= 15 is 0 Å². The quantitative estimate of drug-likeness (QED) is 0.747. The maximum atomic E-state index is 12.7. The van der Waals surface area contributed by atoms with Crippen molar-refractivity contribution in [1.82, 2.24) is 9.78 Å². The number of nitrogens with zero attached hydrogens (tertiary/aromatic N) is 2. The Hall–Kier alpha value is -1.33. The van der Waals surface area contributed by atoms with Crippen molar-refractivity contribution in [3.05, 3.63) is 17.0 Å². The number of alkyl halides is 3. The predicted molar refractivity (Wildman–Crippen MR) is 70.8 cm³/mol. The van der Waals surface area contributed by atoms with Crippen LogP contribution in [0.2, 0.25) is 0 Å². The van der Waals surface area contributed by atoms with Gasteiger partial charge in [0.2, 0.25) is 0 Å². The fourth-order valence-electron chi connectivity index (χ4n) is 2.13. The van der Waals surface area contributed by atoms with E-state index in [9.17, 15) is 18.0 Å². The summed E-state index contributed by atoms with van der Waals surface area (Å²) in [5.74, 6) is -1.35. The number of hydrogen-bond donors (Lipinski definition) is 0. The second kappa shape index (κ2) is 6.41. The minimum Gasteiger partial charge on any atom is -0.284 e. The smallest absolute Gasteiger partial charge is 0.284 e. The van der Waals surface area contributed by atoms with Crippen molar-refractivity contribution in [3.63, 3.8) is 0 Å². The van der Waals surface area contributed by atoms with Crippen molar-refractivity contribution < 1.29 is 18.0 Å². The highest BCUT2D eigenvalue weighted by atomic mass is 19.4. The molecule has 20 heavy (non-hydrogen) atoms. The Balaban J connectivity index is 3.25. The van der Waals surface area contributed by atoms with Gasteiger partial charge in [0.25, 0.3) is 5.78 Å². The van der Waals surface area contributed by atoms with Crippen LogP contribution in [-0.4, -0.2) is 21.7 Å². The number of carbonyl (C=O) groups excluding carboxylic acids is 1. The van der Waals surface area contributed by atoms with Gasteiger partial charge in [-0.15, -0.1) is 0 Å². The maximum Gasteiger partial charge on any atom is 0.455 e. The van der Waals surface area contributed by atoms with E-state index in [1.54, 1.807) is 18.5 Å². The molecule has 1 aromatic heterocycles. The summed E-state index contributed by atoms with van der Waals surface area (Å²) in [6.07, 6.45) is -3.35. The molecule has 0 aliphatic heterocycles. The monoisotopic (exact) mass is 290 g/mol. The molecule has 0 N–H and O–H groups in total. The predicted octanol–water partition coefficient (Wildman–Crippen LogP) is 3.80. The SMILES string of the molecule is CCc1nn(CCC(C)C)c(CC)c1C(=O)C(F)(F)F. The van der Waals surface area contributed by atoms with E-state index in [0.717, 1.165) is 6.42 Å². The lowest BCUT2D eigenvalue weighted by atomic mass is 10.0. The molecule has 0 bridgehead atoms. The minimum absolute atomic E-state index is 0.243. The molecular formula is C14H21F3N2O. The third-order valence-corrected chi connectivity index (χ3v) is 3.20. The zero-order valence-electron chi connectivity index (χ0n) is 12.3. The van der Waals surface area contributed by atoms with Crippen LogP contribution in [-0.2, 0) is 19.4 Å². The van der Waals surface area contributed by atoms with Gasteiger partial charge in [0, 0.05) is 12.2 Å². The molecule has 114 valence electrons. The highest BCUT2D eigenvalue weighted by Gasteiger charge is 2.42. The molecule has 1 heterocycles. The van der Waals surface area contributed by atoms with Crippen LogP contribution < -0.4 is 0 Å². The van der Waals surface area contributed by atoms with Gasteiger partial charge in [0.05, 0.1) is 11.3 Å². The van der Waals surface area contributed by atoms with Gasteiger partial charge in [-0.25, -0.2) is 0 Å². The van der Waals surface area contributed by atoms with E-state index < -0.39 is 12.0 Å². The first kappa shape index (κ1) is 16.7. The summed E-state index contributed by atoms with van der Waals surface area (Å²) in [5.41, 5.74) is 0.393. The Kier molecular flexibility index (Phi) is 5.36. The van der Waals surface area contributed by atoms with E-state index in [4.69, 9.17) is 0 Å². The Labute approximate surface area is 117 Å². The molecule has 0 aliphatic rings. The topological polar surface area (TPSA) is 34.9 Å². The average molecular weight is 290 g/mol. The number of aromatic nitrogens is 2. The van der Waals surface area contributed by atoms with Gasteiger partial charge in [-0.2, -0.15) is 18.3 Å². The Morgan fingerprint density at radius 2 is 1.85 bits per heavy atom. The first-order valence-corrected chi connectivity index (χ1v) is 6.92. The average Bonchev–Trinajstić information content (AvgIpc) is 2.71. The maximum absolute atomic E-state index is 12.7. The molecule has 0 fully saturated rings. The molecule has 0 saturated carbocycles. The fraction of sp³-hybridized carbons (Fsp3) is 0.714. The van der Waals surface area contributed by atoms with Crippen molar-refractivity contribution >= 4 is 5.78 Å². The number of aryl methyl sites for hydroxylation is 2. The van der Waals surface area contributed by atoms with Gasteiger partial charge >= 0.3 is 6.18 Å². The molecule has 0 unspecified atom stereocenters. The molecule has 1 rings (SSSR count). The lowest BCUT2D eigenvalue weighted by Crippen LogP contribution is -2.25.